The molecule has 0 unspecified atom stereocenters. The van der Waals surface area contributed by atoms with Crippen molar-refractivity contribution >= 4 is 39.1 Å². The number of nitrogens with one attached hydrogen (secondary N) is 1. The smallest absolute Gasteiger partial charge is 0.258 e. The minimum Gasteiger partial charge on any atom is -0.322 e. The van der Waals surface area contributed by atoms with E-state index >= 15 is 0 Å². The molecule has 1 heterocycles. The summed E-state index contributed by atoms with van der Waals surface area (Å²) in [7, 11) is 0. The zero-order chi connectivity index (χ0) is 13.1. The van der Waals surface area contributed by atoms with E-state index in [4.69, 9.17) is 11.6 Å². The van der Waals surface area contributed by atoms with Gasteiger partial charge in [0.1, 0.15) is 4.60 Å². The Balaban J connectivity index is 2.24. The van der Waals surface area contributed by atoms with Gasteiger partial charge >= 0.3 is 0 Å². The number of aryl methyl sites for hydroxylation is 1. The van der Waals surface area contributed by atoms with Crippen LogP contribution in [0.2, 0.25) is 5.02 Å². The standard InChI is InChI=1S/C13H10BrClN2O/c1-8-7-9(15)4-5-11(8)17-13(18)10-3-2-6-16-12(10)14/h2-7H,1H3,(H,17,18). The van der Waals surface area contributed by atoms with E-state index in [1.165, 1.54) is 0 Å². The van der Waals surface area contributed by atoms with Crippen molar-refractivity contribution in [3.05, 3.63) is 57.3 Å². The maximum absolute atomic E-state index is 12.1. The highest BCUT2D eigenvalue weighted by molar-refractivity contribution is 9.10. The fourth-order valence-electron chi connectivity index (χ4n) is 1.51. The average molecular weight is 326 g/mol. The van der Waals surface area contributed by atoms with Gasteiger partial charge in [-0.3, -0.25) is 4.79 Å². The third-order valence-electron chi connectivity index (χ3n) is 2.44. The van der Waals surface area contributed by atoms with Crippen LogP contribution in [-0.2, 0) is 0 Å². The second kappa shape index (κ2) is 5.50. The molecule has 0 aliphatic carbocycles. The van der Waals surface area contributed by atoms with E-state index in [1.54, 1.807) is 36.5 Å². The van der Waals surface area contributed by atoms with E-state index < -0.39 is 0 Å². The second-order valence-corrected chi connectivity index (χ2v) is 4.94. The summed E-state index contributed by atoms with van der Waals surface area (Å²) < 4.78 is 0.522. The lowest BCUT2D eigenvalue weighted by Gasteiger charge is -2.09. The molecule has 0 radical (unpaired) electrons. The molecule has 0 aliphatic rings. The molecule has 0 bridgehead atoms. The van der Waals surface area contributed by atoms with Crippen LogP contribution in [0.1, 0.15) is 15.9 Å². The highest BCUT2D eigenvalue weighted by atomic mass is 79.9. The zero-order valence-corrected chi connectivity index (χ0v) is 11.9. The molecule has 0 spiro atoms. The van der Waals surface area contributed by atoms with Crippen LogP contribution in [0, 0.1) is 6.92 Å². The second-order valence-electron chi connectivity index (χ2n) is 3.76. The van der Waals surface area contributed by atoms with E-state index in [1.807, 2.05) is 6.92 Å². The number of aromatic nitrogens is 1. The molecule has 0 aliphatic heterocycles. The summed E-state index contributed by atoms with van der Waals surface area (Å²) in [4.78, 5) is 16.1. The Hall–Kier alpha value is -1.39. The van der Waals surface area contributed by atoms with Crippen molar-refractivity contribution in [2.75, 3.05) is 5.32 Å². The third kappa shape index (κ3) is 2.89. The number of halogens is 2. The van der Waals surface area contributed by atoms with Crippen molar-refractivity contribution < 1.29 is 4.79 Å². The molecule has 0 atom stereocenters. The number of hydrogen-bond acceptors (Lipinski definition) is 2. The SMILES string of the molecule is Cc1cc(Cl)ccc1NC(=O)c1cccnc1Br. The molecule has 18 heavy (non-hydrogen) atoms. The van der Waals surface area contributed by atoms with Gasteiger partial charge in [-0.15, -0.1) is 0 Å². The van der Waals surface area contributed by atoms with Crippen molar-refractivity contribution in [3.63, 3.8) is 0 Å². The number of anilines is 1. The summed E-state index contributed by atoms with van der Waals surface area (Å²) in [5.41, 5.74) is 2.14. The van der Waals surface area contributed by atoms with E-state index in [0.717, 1.165) is 11.3 Å². The monoisotopic (exact) mass is 324 g/mol. The molecular formula is C13H10BrClN2O. The fraction of sp³-hybridized carbons (Fsp3) is 0.0769. The first-order valence-electron chi connectivity index (χ1n) is 5.26. The van der Waals surface area contributed by atoms with E-state index in [-0.39, 0.29) is 5.91 Å². The van der Waals surface area contributed by atoms with Gasteiger partial charge in [0.25, 0.3) is 5.91 Å². The molecule has 1 amide bonds. The van der Waals surface area contributed by atoms with Crippen LogP contribution in [-0.4, -0.2) is 10.9 Å². The molecule has 92 valence electrons. The predicted molar refractivity (Wildman–Crippen MR) is 76.1 cm³/mol. The number of pyridine rings is 1. The highest BCUT2D eigenvalue weighted by Crippen LogP contribution is 2.21. The molecule has 0 saturated heterocycles. The Labute approximate surface area is 118 Å². The summed E-state index contributed by atoms with van der Waals surface area (Å²) >= 11 is 9.11. The predicted octanol–water partition coefficient (Wildman–Crippen LogP) is 4.06. The minimum atomic E-state index is -0.208. The Morgan fingerprint density at radius 1 is 1.39 bits per heavy atom. The Bertz CT molecular complexity index is 601. The van der Waals surface area contributed by atoms with Crippen molar-refractivity contribution in [2.24, 2.45) is 0 Å². The number of carbonyl (C=O) groups is 1. The van der Waals surface area contributed by atoms with Crippen LogP contribution in [0.15, 0.2) is 41.1 Å². The van der Waals surface area contributed by atoms with Gasteiger partial charge in [0.2, 0.25) is 0 Å². The number of nitrogens with zero attached hydrogens (tertiary/aromatic N) is 1. The number of benzene rings is 1. The van der Waals surface area contributed by atoms with E-state index in [0.29, 0.717) is 15.2 Å². The summed E-state index contributed by atoms with van der Waals surface area (Å²) in [6, 6.07) is 8.74. The number of amides is 1. The molecule has 3 nitrogen and oxygen atoms in total. The van der Waals surface area contributed by atoms with Gasteiger partial charge in [0.15, 0.2) is 0 Å². The average Bonchev–Trinajstić information content (AvgIpc) is 2.33. The highest BCUT2D eigenvalue weighted by Gasteiger charge is 2.11. The summed E-state index contributed by atoms with van der Waals surface area (Å²) in [6.07, 6.45) is 1.62. The quantitative estimate of drug-likeness (QED) is 0.846. The molecule has 1 aromatic carbocycles. The molecule has 1 N–H and O–H groups in total. The topological polar surface area (TPSA) is 42.0 Å². The largest absolute Gasteiger partial charge is 0.322 e. The van der Waals surface area contributed by atoms with Crippen molar-refractivity contribution in [3.8, 4) is 0 Å². The van der Waals surface area contributed by atoms with Crippen molar-refractivity contribution in [1.29, 1.82) is 0 Å². The first kappa shape index (κ1) is 13.1. The lowest BCUT2D eigenvalue weighted by Crippen LogP contribution is -2.13. The third-order valence-corrected chi connectivity index (χ3v) is 3.31. The molecule has 2 aromatic rings. The van der Waals surface area contributed by atoms with E-state index in [2.05, 4.69) is 26.2 Å². The van der Waals surface area contributed by atoms with Crippen LogP contribution in [0.25, 0.3) is 0 Å². The van der Waals surface area contributed by atoms with Gasteiger partial charge in [-0.05, 0) is 58.7 Å². The molecule has 0 saturated carbocycles. The van der Waals surface area contributed by atoms with Crippen LogP contribution >= 0.6 is 27.5 Å². The summed E-state index contributed by atoms with van der Waals surface area (Å²) in [6.45, 7) is 1.89. The zero-order valence-electron chi connectivity index (χ0n) is 9.58. The van der Waals surface area contributed by atoms with Crippen LogP contribution in [0.4, 0.5) is 5.69 Å². The molecule has 0 fully saturated rings. The first-order chi connectivity index (χ1) is 8.58. The number of carbonyl (C=O) groups excluding carboxylic acids is 1. The number of hydrogen-bond donors (Lipinski definition) is 1. The van der Waals surface area contributed by atoms with Crippen molar-refractivity contribution in [1.82, 2.24) is 4.98 Å². The first-order valence-corrected chi connectivity index (χ1v) is 6.43. The Morgan fingerprint density at radius 2 is 2.17 bits per heavy atom. The van der Waals surface area contributed by atoms with Gasteiger partial charge in [-0.1, -0.05) is 11.6 Å². The van der Waals surface area contributed by atoms with Gasteiger partial charge in [0, 0.05) is 16.9 Å². The summed E-state index contributed by atoms with van der Waals surface area (Å²) in [5, 5.41) is 3.47. The molecule has 5 heteroatoms. The van der Waals surface area contributed by atoms with Crippen LogP contribution < -0.4 is 5.32 Å². The normalized spacial score (nSPS) is 10.2. The molecular weight excluding hydrogens is 316 g/mol. The lowest BCUT2D eigenvalue weighted by molar-refractivity contribution is 0.102. The van der Waals surface area contributed by atoms with Crippen LogP contribution in [0.3, 0.4) is 0 Å². The number of rotatable bonds is 2. The molecule has 1 aromatic heterocycles. The van der Waals surface area contributed by atoms with Crippen molar-refractivity contribution in [2.45, 2.75) is 6.92 Å². The van der Waals surface area contributed by atoms with Gasteiger partial charge in [-0.25, -0.2) is 4.98 Å². The summed E-state index contributed by atoms with van der Waals surface area (Å²) in [5.74, 6) is -0.208. The van der Waals surface area contributed by atoms with Gasteiger partial charge in [0.05, 0.1) is 5.56 Å². The van der Waals surface area contributed by atoms with Gasteiger partial charge < -0.3 is 5.32 Å². The Morgan fingerprint density at radius 3 is 2.83 bits per heavy atom. The van der Waals surface area contributed by atoms with Crippen LogP contribution in [0.5, 0.6) is 0 Å². The minimum absolute atomic E-state index is 0.208. The maximum atomic E-state index is 12.1. The van der Waals surface area contributed by atoms with E-state index in [9.17, 15) is 4.79 Å². The molecule has 2 rings (SSSR count). The maximum Gasteiger partial charge on any atom is 0.258 e. The Kier molecular flexibility index (Phi) is 3.99. The van der Waals surface area contributed by atoms with Gasteiger partial charge in [-0.2, -0.15) is 0 Å². The lowest BCUT2D eigenvalue weighted by atomic mass is 10.2. The fourth-order valence-corrected chi connectivity index (χ4v) is 2.17.